The van der Waals surface area contributed by atoms with E-state index in [1.54, 1.807) is 7.11 Å². The Labute approximate surface area is 194 Å². The van der Waals surface area contributed by atoms with E-state index in [0.717, 1.165) is 48.6 Å². The van der Waals surface area contributed by atoms with E-state index in [1.807, 2.05) is 53.2 Å². The lowest BCUT2D eigenvalue weighted by molar-refractivity contribution is 0.0917. The van der Waals surface area contributed by atoms with Gasteiger partial charge in [-0.15, -0.1) is 5.10 Å². The molecule has 5 rings (SSSR count). The minimum Gasteiger partial charge on any atom is -0.496 e. The van der Waals surface area contributed by atoms with Crippen LogP contribution in [0.15, 0.2) is 54.6 Å². The molecule has 7 heteroatoms. The monoisotopic (exact) mass is 445 g/mol. The first-order chi connectivity index (χ1) is 16.3. The number of hydrogen-bond donors (Lipinski definition) is 1. The SMILES string of the molecule is COc1ccccc1C(CNC(=O)c1nnn(-c2ccccc2)c1C1CC1)N1CCCCC1. The van der Waals surface area contributed by atoms with Crippen LogP contribution in [0.1, 0.15) is 65.8 Å². The van der Waals surface area contributed by atoms with E-state index >= 15 is 0 Å². The Hall–Kier alpha value is -3.19. The van der Waals surface area contributed by atoms with Gasteiger partial charge in [0.05, 0.1) is 24.5 Å². The molecule has 1 unspecified atom stereocenters. The zero-order valence-electron chi connectivity index (χ0n) is 19.1. The fraction of sp³-hybridized carbons (Fsp3) is 0.423. The summed E-state index contributed by atoms with van der Waals surface area (Å²) in [5.74, 6) is 1.04. The van der Waals surface area contributed by atoms with Gasteiger partial charge >= 0.3 is 0 Å². The fourth-order valence-electron chi connectivity index (χ4n) is 4.81. The van der Waals surface area contributed by atoms with Gasteiger partial charge in [0.1, 0.15) is 5.75 Å². The molecular formula is C26H31N5O2. The van der Waals surface area contributed by atoms with E-state index in [-0.39, 0.29) is 11.9 Å². The number of hydrogen-bond acceptors (Lipinski definition) is 5. The number of para-hydroxylation sites is 2. The maximum atomic E-state index is 13.3. The molecule has 2 fully saturated rings. The molecule has 3 aromatic rings. The van der Waals surface area contributed by atoms with Crippen LogP contribution in [0.2, 0.25) is 0 Å². The summed E-state index contributed by atoms with van der Waals surface area (Å²) in [6.07, 6.45) is 5.75. The van der Waals surface area contributed by atoms with Gasteiger partial charge < -0.3 is 10.1 Å². The fourth-order valence-corrected chi connectivity index (χ4v) is 4.81. The van der Waals surface area contributed by atoms with Crippen molar-refractivity contribution in [3.05, 3.63) is 71.5 Å². The van der Waals surface area contributed by atoms with E-state index < -0.39 is 0 Å². The van der Waals surface area contributed by atoms with Gasteiger partial charge in [-0.2, -0.15) is 0 Å². The van der Waals surface area contributed by atoms with Crippen LogP contribution in [0.4, 0.5) is 0 Å². The Bertz CT molecular complexity index is 1090. The Kier molecular flexibility index (Phi) is 6.39. The number of benzene rings is 2. The first-order valence-corrected chi connectivity index (χ1v) is 11.9. The molecule has 1 amide bonds. The summed E-state index contributed by atoms with van der Waals surface area (Å²) < 4.78 is 7.48. The third-order valence-corrected chi connectivity index (χ3v) is 6.67. The van der Waals surface area contributed by atoms with Gasteiger partial charge in [0.2, 0.25) is 0 Å². The number of nitrogens with one attached hydrogen (secondary N) is 1. The Balaban J connectivity index is 1.39. The molecule has 2 heterocycles. The molecule has 2 aliphatic rings. The summed E-state index contributed by atoms with van der Waals surface area (Å²) in [4.78, 5) is 15.8. The van der Waals surface area contributed by atoms with Crippen LogP contribution in [0, 0.1) is 0 Å². The minimum absolute atomic E-state index is 0.0546. The molecule has 33 heavy (non-hydrogen) atoms. The lowest BCUT2D eigenvalue weighted by atomic mass is 10.0. The maximum Gasteiger partial charge on any atom is 0.273 e. The highest BCUT2D eigenvalue weighted by atomic mass is 16.5. The van der Waals surface area contributed by atoms with E-state index in [4.69, 9.17) is 4.74 Å². The highest BCUT2D eigenvalue weighted by molar-refractivity contribution is 5.93. The van der Waals surface area contributed by atoms with Crippen molar-refractivity contribution in [1.29, 1.82) is 0 Å². The number of rotatable bonds is 8. The van der Waals surface area contributed by atoms with E-state index in [9.17, 15) is 4.79 Å². The largest absolute Gasteiger partial charge is 0.496 e. The number of carbonyl (C=O) groups is 1. The van der Waals surface area contributed by atoms with E-state index in [1.165, 1.54) is 19.3 Å². The van der Waals surface area contributed by atoms with Crippen LogP contribution < -0.4 is 10.1 Å². The maximum absolute atomic E-state index is 13.3. The number of methoxy groups -OCH3 is 1. The number of likely N-dealkylation sites (tertiary alicyclic amines) is 1. The first-order valence-electron chi connectivity index (χ1n) is 11.9. The topological polar surface area (TPSA) is 72.3 Å². The molecule has 1 saturated carbocycles. The predicted octanol–water partition coefficient (Wildman–Crippen LogP) is 4.11. The Morgan fingerprint density at radius 3 is 2.52 bits per heavy atom. The van der Waals surface area contributed by atoms with Gasteiger partial charge in [-0.1, -0.05) is 48.0 Å². The van der Waals surface area contributed by atoms with Gasteiger partial charge in [0.15, 0.2) is 5.69 Å². The molecular weight excluding hydrogens is 414 g/mol. The molecule has 1 saturated heterocycles. The predicted molar refractivity (Wildman–Crippen MR) is 127 cm³/mol. The Morgan fingerprint density at radius 2 is 1.79 bits per heavy atom. The minimum atomic E-state index is -0.156. The van der Waals surface area contributed by atoms with Crippen LogP contribution in [0.3, 0.4) is 0 Å². The quantitative estimate of drug-likeness (QED) is 0.565. The number of nitrogens with zero attached hydrogens (tertiary/aromatic N) is 4. The van der Waals surface area contributed by atoms with Crippen LogP contribution in [-0.2, 0) is 0 Å². The normalized spacial score (nSPS) is 17.5. The van der Waals surface area contributed by atoms with Crippen LogP contribution >= 0.6 is 0 Å². The van der Waals surface area contributed by atoms with Gasteiger partial charge in [-0.3, -0.25) is 9.69 Å². The third kappa shape index (κ3) is 4.64. The van der Waals surface area contributed by atoms with Crippen molar-refractivity contribution in [3.63, 3.8) is 0 Å². The van der Waals surface area contributed by atoms with Crippen molar-refractivity contribution >= 4 is 5.91 Å². The lowest BCUT2D eigenvalue weighted by Crippen LogP contribution is -2.41. The zero-order valence-corrected chi connectivity index (χ0v) is 19.1. The molecule has 0 spiro atoms. The van der Waals surface area contributed by atoms with Crippen molar-refractivity contribution in [2.24, 2.45) is 0 Å². The van der Waals surface area contributed by atoms with Crippen molar-refractivity contribution in [1.82, 2.24) is 25.2 Å². The van der Waals surface area contributed by atoms with Crippen molar-refractivity contribution < 1.29 is 9.53 Å². The van der Waals surface area contributed by atoms with Crippen LogP contribution in [-0.4, -0.2) is 52.5 Å². The average Bonchev–Trinajstić information content (AvgIpc) is 3.62. The summed E-state index contributed by atoms with van der Waals surface area (Å²) in [5, 5.41) is 11.8. The lowest BCUT2D eigenvalue weighted by Gasteiger charge is -2.35. The van der Waals surface area contributed by atoms with Crippen LogP contribution in [0.5, 0.6) is 5.75 Å². The second-order valence-electron chi connectivity index (χ2n) is 8.91. The van der Waals surface area contributed by atoms with Gasteiger partial charge in [0.25, 0.3) is 5.91 Å². The molecule has 7 nitrogen and oxygen atoms in total. The number of amides is 1. The van der Waals surface area contributed by atoms with E-state index in [2.05, 4.69) is 26.6 Å². The molecule has 0 radical (unpaired) electrons. The molecule has 0 bridgehead atoms. The zero-order chi connectivity index (χ0) is 22.6. The highest BCUT2D eigenvalue weighted by Gasteiger charge is 2.35. The molecule has 2 aromatic carbocycles. The van der Waals surface area contributed by atoms with E-state index in [0.29, 0.717) is 18.2 Å². The number of piperidine rings is 1. The number of ether oxygens (including phenoxy) is 1. The third-order valence-electron chi connectivity index (χ3n) is 6.67. The molecule has 1 aliphatic carbocycles. The van der Waals surface area contributed by atoms with Gasteiger partial charge in [-0.05, 0) is 57.0 Å². The summed E-state index contributed by atoms with van der Waals surface area (Å²) in [5.41, 5.74) is 3.41. The Morgan fingerprint density at radius 1 is 1.06 bits per heavy atom. The van der Waals surface area contributed by atoms with Crippen molar-refractivity contribution in [3.8, 4) is 11.4 Å². The molecule has 1 aromatic heterocycles. The van der Waals surface area contributed by atoms with Crippen molar-refractivity contribution in [2.45, 2.75) is 44.1 Å². The van der Waals surface area contributed by atoms with Gasteiger partial charge in [0, 0.05) is 18.0 Å². The van der Waals surface area contributed by atoms with Crippen molar-refractivity contribution in [2.75, 3.05) is 26.7 Å². The second-order valence-corrected chi connectivity index (χ2v) is 8.91. The standard InChI is InChI=1S/C26H31N5O2/c1-33-23-13-7-6-12-21(23)22(30-16-8-3-9-17-30)18-27-26(32)24-25(19-14-15-19)31(29-28-24)20-10-4-2-5-11-20/h2,4-7,10-13,19,22H,3,8-9,14-18H2,1H3,(H,27,32). The van der Waals surface area contributed by atoms with Gasteiger partial charge in [-0.25, -0.2) is 4.68 Å². The number of aromatic nitrogens is 3. The summed E-state index contributed by atoms with van der Waals surface area (Å²) in [6, 6.07) is 18.1. The summed E-state index contributed by atoms with van der Waals surface area (Å²) in [7, 11) is 1.70. The highest BCUT2D eigenvalue weighted by Crippen LogP contribution is 2.42. The number of carbonyl (C=O) groups excluding carboxylic acids is 1. The molecule has 1 atom stereocenters. The van der Waals surface area contributed by atoms with Crippen LogP contribution in [0.25, 0.3) is 5.69 Å². The molecule has 1 aliphatic heterocycles. The molecule has 1 N–H and O–H groups in total. The molecule has 172 valence electrons. The second kappa shape index (κ2) is 9.75. The smallest absolute Gasteiger partial charge is 0.273 e. The summed E-state index contributed by atoms with van der Waals surface area (Å²) in [6.45, 7) is 2.55. The first kappa shape index (κ1) is 21.6. The summed E-state index contributed by atoms with van der Waals surface area (Å²) >= 11 is 0. The average molecular weight is 446 g/mol.